The van der Waals surface area contributed by atoms with Crippen molar-refractivity contribution in [1.82, 2.24) is 0 Å². The van der Waals surface area contributed by atoms with Gasteiger partial charge in [0.05, 0.1) is 17.5 Å². The quantitative estimate of drug-likeness (QED) is 0.588. The van der Waals surface area contributed by atoms with Crippen molar-refractivity contribution in [2.75, 3.05) is 10.2 Å². The highest BCUT2D eigenvalue weighted by molar-refractivity contribution is 6.31. The number of rotatable bonds is 3. The first-order valence-electron chi connectivity index (χ1n) is 9.57. The number of fused-ring (bicyclic) bond motifs is 1. The fourth-order valence-electron chi connectivity index (χ4n) is 4.02. The number of carbonyl (C=O) groups excluding carboxylic acids is 3. The molecule has 1 fully saturated rings. The third-order valence-corrected chi connectivity index (χ3v) is 6.11. The molecule has 2 aromatic carbocycles. The summed E-state index contributed by atoms with van der Waals surface area (Å²) in [5.41, 5.74) is 3.33. The van der Waals surface area contributed by atoms with E-state index in [1.54, 1.807) is 42.5 Å². The van der Waals surface area contributed by atoms with Gasteiger partial charge in [0.2, 0.25) is 11.8 Å². The van der Waals surface area contributed by atoms with Gasteiger partial charge in [-0.3, -0.25) is 19.3 Å². The maximum atomic E-state index is 12.9. The van der Waals surface area contributed by atoms with Crippen LogP contribution < -0.4 is 10.2 Å². The van der Waals surface area contributed by atoms with Gasteiger partial charge in [0.25, 0.3) is 5.91 Å². The summed E-state index contributed by atoms with van der Waals surface area (Å²) in [4.78, 5) is 39.8. The number of benzene rings is 2. The summed E-state index contributed by atoms with van der Waals surface area (Å²) in [6.45, 7) is 3.81. The zero-order valence-corrected chi connectivity index (χ0v) is 17.0. The maximum absolute atomic E-state index is 12.9. The lowest BCUT2D eigenvalue weighted by molar-refractivity contribution is -0.122. The molecule has 2 aliphatic rings. The van der Waals surface area contributed by atoms with E-state index in [2.05, 4.69) is 5.32 Å². The molecule has 5 nitrogen and oxygen atoms in total. The highest BCUT2D eigenvalue weighted by Crippen LogP contribution is 2.39. The van der Waals surface area contributed by atoms with Crippen LogP contribution in [0.4, 0.5) is 11.4 Å². The van der Waals surface area contributed by atoms with Crippen LogP contribution in [0.2, 0.25) is 5.02 Å². The molecule has 1 aliphatic heterocycles. The Bertz CT molecular complexity index is 1060. The molecule has 148 valence electrons. The monoisotopic (exact) mass is 408 g/mol. The van der Waals surface area contributed by atoms with Gasteiger partial charge in [0, 0.05) is 16.3 Å². The molecule has 0 saturated carbocycles. The number of allylic oxidation sites excluding steroid dienone is 2. The number of halogens is 1. The molecule has 0 bridgehead atoms. The molecule has 0 radical (unpaired) electrons. The number of carbonyl (C=O) groups is 3. The van der Waals surface area contributed by atoms with Gasteiger partial charge in [-0.25, -0.2) is 0 Å². The topological polar surface area (TPSA) is 66.5 Å². The summed E-state index contributed by atoms with van der Waals surface area (Å²) in [5.74, 6) is -1.31. The Morgan fingerprint density at radius 2 is 1.79 bits per heavy atom. The van der Waals surface area contributed by atoms with Gasteiger partial charge >= 0.3 is 0 Å². The number of hydrogen-bond acceptors (Lipinski definition) is 3. The predicted molar refractivity (Wildman–Crippen MR) is 113 cm³/mol. The second-order valence-corrected chi connectivity index (χ2v) is 8.04. The molecule has 3 amide bonds. The van der Waals surface area contributed by atoms with Gasteiger partial charge in [-0.15, -0.1) is 0 Å². The molecule has 2 atom stereocenters. The number of anilines is 2. The third kappa shape index (κ3) is 3.47. The van der Waals surface area contributed by atoms with Crippen molar-refractivity contribution >= 4 is 40.7 Å². The molecule has 1 heterocycles. The molecule has 1 saturated heterocycles. The number of amides is 3. The fourth-order valence-corrected chi connectivity index (χ4v) is 4.19. The molecule has 29 heavy (non-hydrogen) atoms. The lowest BCUT2D eigenvalue weighted by Gasteiger charge is -2.18. The van der Waals surface area contributed by atoms with Gasteiger partial charge in [0.15, 0.2) is 0 Å². The zero-order chi connectivity index (χ0) is 20.7. The van der Waals surface area contributed by atoms with E-state index >= 15 is 0 Å². The summed E-state index contributed by atoms with van der Waals surface area (Å²) in [7, 11) is 0. The summed E-state index contributed by atoms with van der Waals surface area (Å²) in [5, 5.41) is 3.41. The van der Waals surface area contributed by atoms with Crippen LogP contribution >= 0.6 is 11.6 Å². The van der Waals surface area contributed by atoms with Crippen molar-refractivity contribution in [1.29, 1.82) is 0 Å². The molecule has 4 rings (SSSR count). The summed E-state index contributed by atoms with van der Waals surface area (Å²) >= 11 is 6.12. The third-order valence-electron chi connectivity index (χ3n) is 5.71. The minimum absolute atomic E-state index is 0.185. The average Bonchev–Trinajstić information content (AvgIpc) is 2.95. The average molecular weight is 409 g/mol. The van der Waals surface area contributed by atoms with Crippen LogP contribution in [0.5, 0.6) is 0 Å². The van der Waals surface area contributed by atoms with Crippen molar-refractivity contribution < 1.29 is 14.4 Å². The molecule has 0 spiro atoms. The van der Waals surface area contributed by atoms with Gasteiger partial charge in [0.1, 0.15) is 0 Å². The van der Waals surface area contributed by atoms with Crippen molar-refractivity contribution in [3.8, 4) is 0 Å². The van der Waals surface area contributed by atoms with Crippen LogP contribution in [0.1, 0.15) is 35.7 Å². The lowest BCUT2D eigenvalue weighted by atomic mass is 9.82. The molecule has 6 heteroatoms. The number of hydrogen-bond donors (Lipinski definition) is 1. The predicted octanol–water partition coefficient (Wildman–Crippen LogP) is 4.75. The van der Waals surface area contributed by atoms with E-state index < -0.39 is 0 Å². The smallest absolute Gasteiger partial charge is 0.255 e. The number of imide groups is 1. The first-order chi connectivity index (χ1) is 13.9. The molecule has 2 aromatic rings. The molecule has 1 aliphatic carbocycles. The highest BCUT2D eigenvalue weighted by atomic mass is 35.5. The van der Waals surface area contributed by atoms with Crippen LogP contribution in [-0.4, -0.2) is 17.7 Å². The maximum Gasteiger partial charge on any atom is 0.255 e. The second kappa shape index (κ2) is 7.48. The highest BCUT2D eigenvalue weighted by Gasteiger charge is 2.48. The van der Waals surface area contributed by atoms with Crippen LogP contribution in [0.25, 0.3) is 0 Å². The molecule has 0 aromatic heterocycles. The van der Waals surface area contributed by atoms with E-state index in [4.69, 9.17) is 11.6 Å². The summed E-state index contributed by atoms with van der Waals surface area (Å²) in [6.07, 6.45) is 3.23. The number of nitrogens with zero attached hydrogens (tertiary/aromatic N) is 1. The number of nitrogens with one attached hydrogen (secondary N) is 1. The summed E-state index contributed by atoms with van der Waals surface area (Å²) in [6, 6.07) is 11.9. The normalized spacial score (nSPS) is 21.1. The van der Waals surface area contributed by atoms with E-state index in [-0.39, 0.29) is 29.6 Å². The van der Waals surface area contributed by atoms with Crippen molar-refractivity contribution in [2.45, 2.75) is 26.7 Å². The molecular weight excluding hydrogens is 388 g/mol. The van der Waals surface area contributed by atoms with E-state index in [9.17, 15) is 14.4 Å². The minimum Gasteiger partial charge on any atom is -0.322 e. The zero-order valence-electron chi connectivity index (χ0n) is 16.2. The summed E-state index contributed by atoms with van der Waals surface area (Å²) < 4.78 is 0. The Morgan fingerprint density at radius 1 is 1.07 bits per heavy atom. The van der Waals surface area contributed by atoms with Crippen LogP contribution in [0.15, 0.2) is 54.1 Å². The second-order valence-electron chi connectivity index (χ2n) is 7.63. The Hall–Kier alpha value is -2.92. The van der Waals surface area contributed by atoms with E-state index in [0.29, 0.717) is 34.8 Å². The largest absolute Gasteiger partial charge is 0.322 e. The van der Waals surface area contributed by atoms with Crippen molar-refractivity contribution in [2.24, 2.45) is 11.8 Å². The van der Waals surface area contributed by atoms with E-state index in [1.807, 2.05) is 19.9 Å². The molecular formula is C23H21ClN2O3. The Morgan fingerprint density at radius 3 is 2.59 bits per heavy atom. The SMILES string of the molecule is CC1=CC[C@H]2C(=O)N(c3cccc(C(=O)Nc4cccc(Cl)c4C)c3)C(=O)[C@H]2C1. The first-order valence-corrected chi connectivity index (χ1v) is 9.94. The lowest BCUT2D eigenvalue weighted by Crippen LogP contribution is -2.31. The fraction of sp³-hybridized carbons (Fsp3) is 0.261. The van der Waals surface area contributed by atoms with Crippen molar-refractivity contribution in [3.63, 3.8) is 0 Å². The van der Waals surface area contributed by atoms with Gasteiger partial charge < -0.3 is 5.32 Å². The van der Waals surface area contributed by atoms with Gasteiger partial charge in [-0.05, 0) is 62.6 Å². The van der Waals surface area contributed by atoms with Crippen LogP contribution in [0, 0.1) is 18.8 Å². The molecule has 1 N–H and O–H groups in total. The standard InChI is InChI=1S/C23H21ClN2O3/c1-13-9-10-17-18(11-13)23(29)26(22(17)28)16-6-3-5-15(12-16)21(27)25-20-8-4-7-19(24)14(20)2/h3-9,12,17-18H,10-11H2,1-2H3,(H,25,27)/t17-,18+/m1/s1. The minimum atomic E-state index is -0.328. The Balaban J connectivity index is 1.59. The van der Waals surface area contributed by atoms with Crippen molar-refractivity contribution in [3.05, 3.63) is 70.3 Å². The van der Waals surface area contributed by atoms with E-state index in [1.165, 1.54) is 4.90 Å². The van der Waals surface area contributed by atoms with Gasteiger partial charge in [-0.2, -0.15) is 0 Å². The van der Waals surface area contributed by atoms with Crippen LogP contribution in [-0.2, 0) is 9.59 Å². The molecule has 0 unspecified atom stereocenters. The van der Waals surface area contributed by atoms with E-state index in [0.717, 1.165) is 11.1 Å². The first kappa shape index (κ1) is 19.4. The van der Waals surface area contributed by atoms with Crippen LogP contribution in [0.3, 0.4) is 0 Å². The Kier molecular flexibility index (Phi) is 5.01. The Labute approximate surface area is 174 Å². The van der Waals surface area contributed by atoms with Gasteiger partial charge in [-0.1, -0.05) is 35.4 Å².